The molecule has 0 bridgehead atoms. The van der Waals surface area contributed by atoms with Gasteiger partial charge >= 0.3 is 6.18 Å². The van der Waals surface area contributed by atoms with E-state index in [4.69, 9.17) is 0 Å². The Labute approximate surface area is 96.4 Å². The van der Waals surface area contributed by atoms with E-state index in [-0.39, 0.29) is 12.8 Å². The highest BCUT2D eigenvalue weighted by Crippen LogP contribution is 2.35. The molecule has 2 atom stereocenters. The summed E-state index contributed by atoms with van der Waals surface area (Å²) in [5.74, 6) is -0.971. The van der Waals surface area contributed by atoms with Crippen LogP contribution in [-0.4, -0.2) is 39.0 Å². The Hall–Kier alpha value is -1.18. The summed E-state index contributed by atoms with van der Waals surface area (Å²) in [5.41, 5.74) is 0. The second kappa shape index (κ2) is 4.59. The number of hydrogen-bond donors (Lipinski definition) is 1. The second-order valence-corrected chi connectivity index (χ2v) is 4.25. The zero-order valence-corrected chi connectivity index (χ0v) is 9.41. The Morgan fingerprint density at radius 1 is 1.47 bits per heavy atom. The normalized spacial score (nSPS) is 26.1. The van der Waals surface area contributed by atoms with Crippen molar-refractivity contribution in [1.29, 1.82) is 0 Å². The minimum absolute atomic E-state index is 0.165. The van der Waals surface area contributed by atoms with Gasteiger partial charge in [-0.05, 0) is 24.6 Å². The maximum atomic E-state index is 12.8. The zero-order valence-electron chi connectivity index (χ0n) is 9.41. The van der Waals surface area contributed by atoms with Gasteiger partial charge in [-0.25, -0.2) is 0 Å². The van der Waals surface area contributed by atoms with Crippen molar-refractivity contribution in [2.45, 2.75) is 31.5 Å². The summed E-state index contributed by atoms with van der Waals surface area (Å²) in [4.78, 5) is 1.25. The maximum Gasteiger partial charge on any atom is 0.393 e. The number of halogens is 3. The predicted octanol–water partition coefficient (Wildman–Crippen LogP) is 0.683. The molecule has 1 N–H and O–H groups in total. The summed E-state index contributed by atoms with van der Waals surface area (Å²) in [6.07, 6.45) is -3.28. The number of aryl methyl sites for hydroxylation is 1. The fourth-order valence-electron chi connectivity index (χ4n) is 2.16. The molecule has 1 aliphatic rings. The molecule has 0 amide bonds. The van der Waals surface area contributed by atoms with Crippen LogP contribution in [0.4, 0.5) is 13.2 Å². The number of tetrazole rings is 1. The highest BCUT2D eigenvalue weighted by molar-refractivity contribution is 4.93. The van der Waals surface area contributed by atoms with E-state index in [0.29, 0.717) is 18.8 Å². The van der Waals surface area contributed by atoms with Crippen LogP contribution in [0, 0.1) is 5.92 Å². The molecule has 1 saturated heterocycles. The lowest BCUT2D eigenvalue weighted by Gasteiger charge is -2.33. The molecule has 1 aromatic rings. The third-order valence-electron chi connectivity index (χ3n) is 2.96. The number of nitrogens with zero attached hydrogens (tertiary/aromatic N) is 4. The van der Waals surface area contributed by atoms with Crippen molar-refractivity contribution in [3.8, 4) is 0 Å². The van der Waals surface area contributed by atoms with Crippen LogP contribution in [0.5, 0.6) is 0 Å². The van der Waals surface area contributed by atoms with Crippen LogP contribution >= 0.6 is 0 Å². The first-order valence-corrected chi connectivity index (χ1v) is 5.50. The third kappa shape index (κ3) is 2.93. The van der Waals surface area contributed by atoms with E-state index >= 15 is 0 Å². The third-order valence-corrected chi connectivity index (χ3v) is 2.96. The molecule has 1 fully saturated rings. The van der Waals surface area contributed by atoms with Gasteiger partial charge in [0.25, 0.3) is 0 Å². The van der Waals surface area contributed by atoms with Gasteiger partial charge in [-0.15, -0.1) is 10.2 Å². The molecular formula is C9H14F3N5. The van der Waals surface area contributed by atoms with E-state index in [1.54, 1.807) is 7.05 Å². The SMILES string of the molecule is Cn1nnc(CC2NCCCC2C(F)(F)F)n1. The molecule has 0 spiro atoms. The molecule has 0 saturated carbocycles. The van der Waals surface area contributed by atoms with Crippen LogP contribution in [0.3, 0.4) is 0 Å². The fraction of sp³-hybridized carbons (Fsp3) is 0.889. The van der Waals surface area contributed by atoms with Gasteiger partial charge in [-0.2, -0.15) is 18.0 Å². The highest BCUT2D eigenvalue weighted by atomic mass is 19.4. The van der Waals surface area contributed by atoms with Gasteiger partial charge < -0.3 is 5.32 Å². The van der Waals surface area contributed by atoms with Gasteiger partial charge in [0.15, 0.2) is 5.82 Å². The smallest absolute Gasteiger partial charge is 0.313 e. The summed E-state index contributed by atoms with van der Waals surface area (Å²) < 4.78 is 38.4. The molecule has 96 valence electrons. The van der Waals surface area contributed by atoms with E-state index in [1.807, 2.05) is 0 Å². The van der Waals surface area contributed by atoms with E-state index in [9.17, 15) is 13.2 Å². The molecule has 5 nitrogen and oxygen atoms in total. The average Bonchev–Trinajstić information content (AvgIpc) is 2.63. The largest absolute Gasteiger partial charge is 0.393 e. The molecule has 17 heavy (non-hydrogen) atoms. The standard InChI is InChI=1S/C9H14F3N5/c1-17-15-8(14-16-17)5-7-6(9(10,11)12)3-2-4-13-7/h6-7,13H,2-5H2,1H3. The maximum absolute atomic E-state index is 12.8. The molecule has 2 unspecified atom stereocenters. The second-order valence-electron chi connectivity index (χ2n) is 4.25. The minimum Gasteiger partial charge on any atom is -0.313 e. The summed E-state index contributed by atoms with van der Waals surface area (Å²) in [7, 11) is 1.59. The zero-order chi connectivity index (χ0) is 12.5. The summed E-state index contributed by atoms with van der Waals surface area (Å²) in [6, 6.07) is -0.645. The van der Waals surface area contributed by atoms with Crippen LogP contribution in [0.15, 0.2) is 0 Å². The summed E-state index contributed by atoms with van der Waals surface area (Å²) >= 11 is 0. The van der Waals surface area contributed by atoms with E-state index in [0.717, 1.165) is 0 Å². The Morgan fingerprint density at radius 2 is 2.24 bits per heavy atom. The number of piperidine rings is 1. The van der Waals surface area contributed by atoms with Gasteiger partial charge in [-0.3, -0.25) is 0 Å². The monoisotopic (exact) mass is 249 g/mol. The first-order valence-electron chi connectivity index (χ1n) is 5.50. The Balaban J connectivity index is 2.06. The van der Waals surface area contributed by atoms with Gasteiger partial charge in [0, 0.05) is 12.5 Å². The molecule has 0 aromatic carbocycles. The van der Waals surface area contributed by atoms with E-state index in [2.05, 4.69) is 20.7 Å². The molecule has 0 radical (unpaired) electrons. The first-order chi connectivity index (χ1) is 7.97. The van der Waals surface area contributed by atoms with Crippen molar-refractivity contribution in [3.05, 3.63) is 5.82 Å². The molecule has 0 aliphatic carbocycles. The van der Waals surface area contributed by atoms with Crippen LogP contribution in [0.1, 0.15) is 18.7 Å². The average molecular weight is 249 g/mol. The van der Waals surface area contributed by atoms with Crippen molar-refractivity contribution in [2.75, 3.05) is 6.54 Å². The Kier molecular flexibility index (Phi) is 3.32. The van der Waals surface area contributed by atoms with Gasteiger partial charge in [0.1, 0.15) is 0 Å². The fourth-order valence-corrected chi connectivity index (χ4v) is 2.16. The van der Waals surface area contributed by atoms with Crippen LogP contribution < -0.4 is 5.32 Å². The van der Waals surface area contributed by atoms with Crippen LogP contribution in [-0.2, 0) is 13.5 Å². The number of hydrogen-bond acceptors (Lipinski definition) is 4. The van der Waals surface area contributed by atoms with Crippen molar-refractivity contribution in [1.82, 2.24) is 25.5 Å². The number of rotatable bonds is 2. The predicted molar refractivity (Wildman–Crippen MR) is 53.1 cm³/mol. The van der Waals surface area contributed by atoms with Crippen molar-refractivity contribution >= 4 is 0 Å². The van der Waals surface area contributed by atoms with Crippen LogP contribution in [0.25, 0.3) is 0 Å². The first kappa shape index (κ1) is 12.3. The summed E-state index contributed by atoms with van der Waals surface area (Å²) in [5, 5.41) is 14.1. The van der Waals surface area contributed by atoms with E-state index in [1.165, 1.54) is 4.80 Å². The molecular weight excluding hydrogens is 235 g/mol. The Bertz CT molecular complexity index is 375. The topological polar surface area (TPSA) is 55.6 Å². The highest BCUT2D eigenvalue weighted by Gasteiger charge is 2.45. The molecule has 1 aliphatic heterocycles. The van der Waals surface area contributed by atoms with Crippen molar-refractivity contribution in [3.63, 3.8) is 0 Å². The van der Waals surface area contributed by atoms with Gasteiger partial charge in [-0.1, -0.05) is 0 Å². The van der Waals surface area contributed by atoms with Crippen molar-refractivity contribution in [2.24, 2.45) is 13.0 Å². The minimum atomic E-state index is -4.17. The molecule has 2 rings (SSSR count). The van der Waals surface area contributed by atoms with Crippen LogP contribution in [0.2, 0.25) is 0 Å². The van der Waals surface area contributed by atoms with E-state index < -0.39 is 18.1 Å². The molecule has 1 aromatic heterocycles. The van der Waals surface area contributed by atoms with Crippen molar-refractivity contribution < 1.29 is 13.2 Å². The molecule has 2 heterocycles. The number of aromatic nitrogens is 4. The lowest BCUT2D eigenvalue weighted by molar-refractivity contribution is -0.188. The number of nitrogens with one attached hydrogen (secondary N) is 1. The van der Waals surface area contributed by atoms with Gasteiger partial charge in [0.2, 0.25) is 0 Å². The Morgan fingerprint density at radius 3 is 2.82 bits per heavy atom. The number of alkyl halides is 3. The molecule has 8 heteroatoms. The van der Waals surface area contributed by atoms with Gasteiger partial charge in [0.05, 0.1) is 13.0 Å². The summed E-state index contributed by atoms with van der Waals surface area (Å²) in [6.45, 7) is 0.609. The quantitative estimate of drug-likeness (QED) is 0.837. The lowest BCUT2D eigenvalue weighted by Crippen LogP contribution is -2.48. The lowest BCUT2D eigenvalue weighted by atomic mass is 9.88.